The zero-order valence-electron chi connectivity index (χ0n) is 17.1. The first-order chi connectivity index (χ1) is 14.5. The van der Waals surface area contributed by atoms with Crippen molar-refractivity contribution in [1.29, 1.82) is 0 Å². The Kier molecular flexibility index (Phi) is 9.75. The Bertz CT molecular complexity index is 828. The van der Waals surface area contributed by atoms with Crippen molar-refractivity contribution < 1.29 is 23.9 Å². The first-order valence-electron chi connectivity index (χ1n) is 9.52. The van der Waals surface area contributed by atoms with Crippen LogP contribution in [0.1, 0.15) is 19.8 Å². The van der Waals surface area contributed by atoms with Gasteiger partial charge in [-0.3, -0.25) is 19.3 Å². The molecule has 2 rings (SSSR count). The molecule has 0 saturated heterocycles. The summed E-state index contributed by atoms with van der Waals surface area (Å²) in [7, 11) is 1.54. The summed E-state index contributed by atoms with van der Waals surface area (Å²) < 4.78 is 10.5. The molecule has 0 aliphatic rings. The fourth-order valence-electron chi connectivity index (χ4n) is 2.58. The molecule has 0 spiro atoms. The number of ether oxygens (including phenoxy) is 2. The van der Waals surface area contributed by atoms with Crippen LogP contribution in [0.3, 0.4) is 0 Å². The van der Waals surface area contributed by atoms with Crippen molar-refractivity contribution in [2.75, 3.05) is 43.6 Å². The molecule has 0 fully saturated rings. The largest absolute Gasteiger partial charge is 0.492 e. The summed E-state index contributed by atoms with van der Waals surface area (Å²) in [4.78, 5) is 42.7. The number of anilines is 2. The average Bonchev–Trinajstić information content (AvgIpc) is 3.24. The number of amides is 3. The molecule has 1 heterocycles. The second-order valence-electron chi connectivity index (χ2n) is 6.11. The Balaban J connectivity index is 2.08. The van der Waals surface area contributed by atoms with Gasteiger partial charge >= 0.3 is 0 Å². The van der Waals surface area contributed by atoms with Gasteiger partial charge in [-0.2, -0.15) is 0 Å². The number of carbonyl (C=O) groups excluding carboxylic acids is 3. The van der Waals surface area contributed by atoms with E-state index in [1.54, 1.807) is 35.8 Å². The minimum atomic E-state index is -0.363. The number of hydrogen-bond acceptors (Lipinski definition) is 7. The maximum Gasteiger partial charge on any atom is 0.240 e. The van der Waals surface area contributed by atoms with E-state index in [9.17, 15) is 14.4 Å². The van der Waals surface area contributed by atoms with Crippen molar-refractivity contribution in [3.8, 4) is 5.75 Å². The summed E-state index contributed by atoms with van der Waals surface area (Å²) in [6.45, 7) is 2.76. The molecule has 0 aliphatic carbocycles. The van der Waals surface area contributed by atoms with Gasteiger partial charge in [0, 0.05) is 38.1 Å². The SMILES string of the molecule is CCOc1ccccc1N(CC(=O)NCCOC)C(=O)CCC(=O)Nc1nccs1. The van der Waals surface area contributed by atoms with E-state index in [1.807, 2.05) is 6.92 Å². The van der Waals surface area contributed by atoms with E-state index in [0.29, 0.717) is 36.3 Å². The average molecular weight is 435 g/mol. The maximum absolute atomic E-state index is 12.9. The molecule has 162 valence electrons. The smallest absolute Gasteiger partial charge is 0.240 e. The summed E-state index contributed by atoms with van der Waals surface area (Å²) in [6.07, 6.45) is 1.49. The van der Waals surface area contributed by atoms with E-state index in [1.165, 1.54) is 23.3 Å². The van der Waals surface area contributed by atoms with Crippen molar-refractivity contribution in [1.82, 2.24) is 10.3 Å². The van der Waals surface area contributed by atoms with Crippen molar-refractivity contribution in [2.45, 2.75) is 19.8 Å². The van der Waals surface area contributed by atoms with Crippen molar-refractivity contribution in [3.05, 3.63) is 35.8 Å². The highest BCUT2D eigenvalue weighted by molar-refractivity contribution is 7.13. The summed E-state index contributed by atoms with van der Waals surface area (Å²) in [5, 5.41) is 7.56. The highest BCUT2D eigenvalue weighted by atomic mass is 32.1. The number of aromatic nitrogens is 1. The quantitative estimate of drug-likeness (QED) is 0.495. The van der Waals surface area contributed by atoms with Gasteiger partial charge in [0.05, 0.1) is 18.9 Å². The number of nitrogens with one attached hydrogen (secondary N) is 2. The zero-order valence-corrected chi connectivity index (χ0v) is 17.9. The second-order valence-corrected chi connectivity index (χ2v) is 7.00. The number of benzene rings is 1. The lowest BCUT2D eigenvalue weighted by atomic mass is 10.2. The van der Waals surface area contributed by atoms with Gasteiger partial charge in [0.15, 0.2) is 5.13 Å². The third kappa shape index (κ3) is 7.45. The Labute approximate surface area is 179 Å². The fourth-order valence-corrected chi connectivity index (χ4v) is 3.12. The van der Waals surface area contributed by atoms with Gasteiger partial charge in [0.25, 0.3) is 0 Å². The van der Waals surface area contributed by atoms with E-state index in [-0.39, 0.29) is 37.1 Å². The van der Waals surface area contributed by atoms with Gasteiger partial charge < -0.3 is 20.1 Å². The van der Waals surface area contributed by atoms with Gasteiger partial charge in [0.1, 0.15) is 12.3 Å². The van der Waals surface area contributed by atoms with E-state index >= 15 is 0 Å². The molecule has 0 saturated carbocycles. The molecule has 1 aromatic carbocycles. The van der Waals surface area contributed by atoms with Crippen LogP contribution in [0.4, 0.5) is 10.8 Å². The van der Waals surface area contributed by atoms with Crippen LogP contribution < -0.4 is 20.3 Å². The minimum absolute atomic E-state index is 0.0307. The summed E-state index contributed by atoms with van der Waals surface area (Å²) in [5.74, 6) is -0.525. The molecule has 2 aromatic rings. The van der Waals surface area contributed by atoms with Gasteiger partial charge in [-0.15, -0.1) is 11.3 Å². The first kappa shape index (κ1) is 23.3. The van der Waals surface area contributed by atoms with Crippen LogP contribution in [0, 0.1) is 0 Å². The number of nitrogens with zero attached hydrogens (tertiary/aromatic N) is 2. The van der Waals surface area contributed by atoms with Crippen LogP contribution in [0.2, 0.25) is 0 Å². The topological polar surface area (TPSA) is 110 Å². The molecule has 2 N–H and O–H groups in total. The van der Waals surface area contributed by atoms with Crippen LogP contribution >= 0.6 is 11.3 Å². The molecule has 0 aliphatic heterocycles. The Hall–Kier alpha value is -2.98. The van der Waals surface area contributed by atoms with Gasteiger partial charge in [-0.05, 0) is 19.1 Å². The van der Waals surface area contributed by atoms with E-state index < -0.39 is 0 Å². The van der Waals surface area contributed by atoms with Crippen LogP contribution in [0.5, 0.6) is 5.75 Å². The maximum atomic E-state index is 12.9. The lowest BCUT2D eigenvalue weighted by Gasteiger charge is -2.24. The predicted octanol–water partition coefficient (Wildman–Crippen LogP) is 2.06. The normalized spacial score (nSPS) is 10.3. The molecule has 30 heavy (non-hydrogen) atoms. The molecule has 0 radical (unpaired) electrons. The highest BCUT2D eigenvalue weighted by Crippen LogP contribution is 2.28. The van der Waals surface area contributed by atoms with Gasteiger partial charge in [-0.25, -0.2) is 4.98 Å². The number of para-hydroxylation sites is 2. The number of rotatable bonds is 12. The fraction of sp³-hybridized carbons (Fsp3) is 0.400. The van der Waals surface area contributed by atoms with Gasteiger partial charge in [-0.1, -0.05) is 12.1 Å². The molecule has 9 nitrogen and oxygen atoms in total. The monoisotopic (exact) mass is 434 g/mol. The summed E-state index contributed by atoms with van der Waals surface area (Å²) in [5.41, 5.74) is 0.478. The molecular weight excluding hydrogens is 408 g/mol. The number of hydrogen-bond donors (Lipinski definition) is 2. The first-order valence-corrected chi connectivity index (χ1v) is 10.4. The van der Waals surface area contributed by atoms with Crippen molar-refractivity contribution in [3.63, 3.8) is 0 Å². The van der Waals surface area contributed by atoms with Crippen LogP contribution in [-0.2, 0) is 19.1 Å². The van der Waals surface area contributed by atoms with E-state index in [4.69, 9.17) is 9.47 Å². The van der Waals surface area contributed by atoms with Crippen molar-refractivity contribution >= 4 is 39.9 Å². The molecule has 0 atom stereocenters. The molecular formula is C20H26N4O5S. The number of thiazole rings is 1. The summed E-state index contributed by atoms with van der Waals surface area (Å²) >= 11 is 1.30. The van der Waals surface area contributed by atoms with E-state index in [0.717, 1.165) is 0 Å². The second kappa shape index (κ2) is 12.6. The Morgan fingerprint density at radius 3 is 2.67 bits per heavy atom. The Morgan fingerprint density at radius 1 is 1.17 bits per heavy atom. The standard InChI is InChI=1S/C20H26N4O5S/c1-3-29-16-7-5-4-6-15(16)24(14-18(26)21-10-12-28-2)19(27)9-8-17(25)23-20-22-11-13-30-20/h4-7,11,13H,3,8-10,12,14H2,1-2H3,(H,21,26)(H,22,23,25). The third-order valence-corrected chi connectivity index (χ3v) is 4.62. The van der Waals surface area contributed by atoms with Crippen LogP contribution in [0.25, 0.3) is 0 Å². The molecule has 0 bridgehead atoms. The lowest BCUT2D eigenvalue weighted by Crippen LogP contribution is -2.42. The molecule has 0 unspecified atom stereocenters. The predicted molar refractivity (Wildman–Crippen MR) is 115 cm³/mol. The lowest BCUT2D eigenvalue weighted by molar-refractivity contribution is -0.125. The van der Waals surface area contributed by atoms with Crippen LogP contribution in [-0.4, -0.2) is 56.1 Å². The molecule has 1 aromatic heterocycles. The van der Waals surface area contributed by atoms with Crippen molar-refractivity contribution in [2.24, 2.45) is 0 Å². The number of carbonyl (C=O) groups is 3. The Morgan fingerprint density at radius 2 is 1.97 bits per heavy atom. The van der Waals surface area contributed by atoms with Gasteiger partial charge in [0.2, 0.25) is 17.7 Å². The minimum Gasteiger partial charge on any atom is -0.492 e. The highest BCUT2D eigenvalue weighted by Gasteiger charge is 2.23. The molecule has 3 amide bonds. The van der Waals surface area contributed by atoms with Crippen LogP contribution in [0.15, 0.2) is 35.8 Å². The zero-order chi connectivity index (χ0) is 21.8. The number of methoxy groups -OCH3 is 1. The third-order valence-electron chi connectivity index (χ3n) is 3.93. The van der Waals surface area contributed by atoms with E-state index in [2.05, 4.69) is 15.6 Å². The summed E-state index contributed by atoms with van der Waals surface area (Å²) in [6, 6.07) is 6.99. The molecule has 10 heteroatoms.